The summed E-state index contributed by atoms with van der Waals surface area (Å²) >= 11 is 0. The summed E-state index contributed by atoms with van der Waals surface area (Å²) < 4.78 is 23.2. The summed E-state index contributed by atoms with van der Waals surface area (Å²) in [5.41, 5.74) is 0.0494. The first-order valence-corrected chi connectivity index (χ1v) is 10.9. The number of aliphatic hydroxyl groups is 1. The van der Waals surface area contributed by atoms with Crippen LogP contribution in [0, 0.1) is 17.8 Å². The van der Waals surface area contributed by atoms with E-state index in [1.807, 2.05) is 0 Å². The second kappa shape index (κ2) is 11.6. The Kier molecular flexibility index (Phi) is 10.7. The smallest absolute Gasteiger partial charge is 0.350 e. The molecule has 1 N–H and O–H groups in total. The topological polar surface area (TPSA) is 57.2 Å². The van der Waals surface area contributed by atoms with Crippen molar-refractivity contribution in [2.24, 2.45) is 17.8 Å². The summed E-state index contributed by atoms with van der Waals surface area (Å²) in [7, 11) is 1.60. The summed E-state index contributed by atoms with van der Waals surface area (Å²) in [6.45, 7) is 10.0. The molecule has 1 aliphatic rings. The van der Waals surface area contributed by atoms with Crippen molar-refractivity contribution in [2.45, 2.75) is 71.3 Å². The molecular weight excluding hydrogens is 324 g/mol. The van der Waals surface area contributed by atoms with Gasteiger partial charge in [-0.3, -0.25) is 0 Å². The highest BCUT2D eigenvalue weighted by molar-refractivity contribution is 6.45. The van der Waals surface area contributed by atoms with Crippen LogP contribution in [0.2, 0.25) is 0 Å². The van der Waals surface area contributed by atoms with Crippen LogP contribution in [-0.2, 0) is 18.3 Å². The largest absolute Gasteiger partial charge is 0.398 e. The lowest BCUT2D eigenvalue weighted by Crippen LogP contribution is -2.43. The Morgan fingerprint density at radius 3 is 2.17 bits per heavy atom. The Balaban J connectivity index is 2.60. The molecule has 4 atom stereocenters. The fourth-order valence-electron chi connectivity index (χ4n) is 3.21. The van der Waals surface area contributed by atoms with Crippen LogP contribution in [0.1, 0.15) is 53.4 Å². The minimum absolute atomic E-state index is 0.0494. The molecule has 0 bridgehead atoms. The van der Waals surface area contributed by atoms with Gasteiger partial charge in [-0.2, -0.15) is 0 Å². The minimum atomic E-state index is -1.83. The van der Waals surface area contributed by atoms with Crippen molar-refractivity contribution in [3.8, 4) is 0 Å². The Morgan fingerprint density at radius 1 is 1.00 bits per heavy atom. The van der Waals surface area contributed by atoms with Crippen LogP contribution in [0.25, 0.3) is 0 Å². The molecule has 24 heavy (non-hydrogen) atoms. The van der Waals surface area contributed by atoms with Crippen LogP contribution in [0.3, 0.4) is 0 Å². The zero-order valence-corrected chi connectivity index (χ0v) is 17.5. The number of hydrogen-bond acceptors (Lipinski definition) is 5. The Bertz CT molecular complexity index is 323. The van der Waals surface area contributed by atoms with E-state index < -0.39 is 9.28 Å². The lowest BCUT2D eigenvalue weighted by Gasteiger charge is -2.36. The molecule has 0 amide bonds. The molecule has 5 nitrogen and oxygen atoms in total. The molecule has 0 aliphatic heterocycles. The van der Waals surface area contributed by atoms with Gasteiger partial charge in [0.2, 0.25) is 0 Å². The minimum Gasteiger partial charge on any atom is -0.398 e. The van der Waals surface area contributed by atoms with Crippen molar-refractivity contribution in [1.82, 2.24) is 0 Å². The third-order valence-electron chi connectivity index (χ3n) is 4.49. The first-order valence-electron chi connectivity index (χ1n) is 9.34. The zero-order valence-electron chi connectivity index (χ0n) is 16.4. The highest BCUT2D eigenvalue weighted by Gasteiger charge is 2.35. The Hall–Kier alpha value is 0.0169. The van der Waals surface area contributed by atoms with E-state index in [4.69, 9.17) is 18.3 Å². The normalized spacial score (nSPS) is 26.5. The van der Waals surface area contributed by atoms with Gasteiger partial charge in [0.25, 0.3) is 0 Å². The van der Waals surface area contributed by atoms with Gasteiger partial charge in [0.05, 0.1) is 17.9 Å². The fraction of sp³-hybridized carbons (Fsp3) is 1.00. The van der Waals surface area contributed by atoms with Crippen molar-refractivity contribution in [1.29, 1.82) is 0 Å². The Morgan fingerprint density at radius 2 is 1.62 bits per heavy atom. The quantitative estimate of drug-likeness (QED) is 0.573. The summed E-state index contributed by atoms with van der Waals surface area (Å²) in [6.07, 6.45) is 3.24. The van der Waals surface area contributed by atoms with Gasteiger partial charge in [-0.05, 0) is 43.4 Å². The average molecular weight is 363 g/mol. The summed E-state index contributed by atoms with van der Waals surface area (Å²) in [6, 6.07) is 0. The van der Waals surface area contributed by atoms with Gasteiger partial charge in [-0.25, -0.2) is 0 Å². The molecule has 144 valence electrons. The standard InChI is InChI=1S/C18H38O5Si/c1-13(2)11-22-17-9-15(7-8-16(17)19)10-18(23-12-14(3)4)24(20-5)21-6/h13-19,24H,7-12H2,1-6H3. The van der Waals surface area contributed by atoms with E-state index in [1.165, 1.54) is 0 Å². The van der Waals surface area contributed by atoms with Gasteiger partial charge in [0, 0.05) is 27.4 Å². The van der Waals surface area contributed by atoms with Crippen LogP contribution in [0.15, 0.2) is 0 Å². The van der Waals surface area contributed by atoms with E-state index >= 15 is 0 Å². The van der Waals surface area contributed by atoms with Crippen LogP contribution in [0.5, 0.6) is 0 Å². The van der Waals surface area contributed by atoms with E-state index in [0.717, 1.165) is 32.3 Å². The molecule has 1 fully saturated rings. The maximum Gasteiger partial charge on any atom is 0.350 e. The van der Waals surface area contributed by atoms with E-state index in [9.17, 15) is 5.11 Å². The highest BCUT2D eigenvalue weighted by Crippen LogP contribution is 2.31. The lowest BCUT2D eigenvalue weighted by molar-refractivity contribution is -0.0830. The summed E-state index contributed by atoms with van der Waals surface area (Å²) in [4.78, 5) is 0. The number of ether oxygens (including phenoxy) is 2. The second-order valence-corrected chi connectivity index (χ2v) is 10.3. The lowest BCUT2D eigenvalue weighted by atomic mass is 9.83. The van der Waals surface area contributed by atoms with Crippen LogP contribution < -0.4 is 0 Å². The van der Waals surface area contributed by atoms with Gasteiger partial charge in [0.15, 0.2) is 0 Å². The van der Waals surface area contributed by atoms with Crippen molar-refractivity contribution in [3.05, 3.63) is 0 Å². The van der Waals surface area contributed by atoms with Gasteiger partial charge >= 0.3 is 9.28 Å². The van der Waals surface area contributed by atoms with Crippen molar-refractivity contribution >= 4 is 9.28 Å². The van der Waals surface area contributed by atoms with Crippen molar-refractivity contribution in [3.63, 3.8) is 0 Å². The van der Waals surface area contributed by atoms with Crippen molar-refractivity contribution in [2.75, 3.05) is 27.4 Å². The van der Waals surface area contributed by atoms with Gasteiger partial charge in [0.1, 0.15) is 0 Å². The third kappa shape index (κ3) is 7.93. The van der Waals surface area contributed by atoms with E-state index in [1.54, 1.807) is 14.2 Å². The predicted octanol–water partition coefficient (Wildman–Crippen LogP) is 2.67. The molecule has 0 radical (unpaired) electrons. The van der Waals surface area contributed by atoms with Crippen LogP contribution in [0.4, 0.5) is 0 Å². The maximum atomic E-state index is 10.2. The number of aliphatic hydroxyl groups excluding tert-OH is 1. The molecule has 1 saturated carbocycles. The maximum absolute atomic E-state index is 10.2. The molecule has 0 aromatic rings. The van der Waals surface area contributed by atoms with Crippen LogP contribution >= 0.6 is 0 Å². The average Bonchev–Trinajstić information content (AvgIpc) is 2.53. The summed E-state index contributed by atoms with van der Waals surface area (Å²) in [5, 5.41) is 10.2. The highest BCUT2D eigenvalue weighted by atomic mass is 28.3. The predicted molar refractivity (Wildman–Crippen MR) is 98.3 cm³/mol. The third-order valence-corrected chi connectivity index (χ3v) is 6.49. The molecule has 0 spiro atoms. The van der Waals surface area contributed by atoms with Gasteiger partial charge in [-0.1, -0.05) is 27.7 Å². The van der Waals surface area contributed by atoms with Gasteiger partial charge in [-0.15, -0.1) is 0 Å². The SMILES string of the molecule is CO[SiH](OC)C(CC1CCC(O)C(OCC(C)C)C1)OCC(C)C. The van der Waals surface area contributed by atoms with E-state index in [2.05, 4.69) is 27.7 Å². The number of rotatable bonds is 11. The first kappa shape index (κ1) is 22.1. The van der Waals surface area contributed by atoms with E-state index in [0.29, 0.717) is 24.4 Å². The molecule has 0 aromatic carbocycles. The van der Waals surface area contributed by atoms with Crippen LogP contribution in [-0.4, -0.2) is 59.8 Å². The van der Waals surface area contributed by atoms with Crippen molar-refractivity contribution < 1.29 is 23.4 Å². The summed E-state index contributed by atoms with van der Waals surface area (Å²) in [5.74, 6) is 1.47. The molecule has 6 heteroatoms. The molecule has 0 saturated heterocycles. The first-order chi connectivity index (χ1) is 11.4. The molecular formula is C18H38O5Si. The molecule has 0 heterocycles. The second-order valence-electron chi connectivity index (χ2n) is 7.85. The molecule has 4 unspecified atom stereocenters. The van der Waals surface area contributed by atoms with E-state index in [-0.39, 0.29) is 17.9 Å². The number of hydrogen-bond donors (Lipinski definition) is 1. The monoisotopic (exact) mass is 362 g/mol. The van der Waals surface area contributed by atoms with Gasteiger partial charge < -0.3 is 23.4 Å². The molecule has 1 rings (SSSR count). The Labute approximate surface area is 149 Å². The molecule has 0 aromatic heterocycles. The zero-order chi connectivity index (χ0) is 18.1. The molecule has 1 aliphatic carbocycles. The fourth-order valence-corrected chi connectivity index (χ4v) is 4.88.